The van der Waals surface area contributed by atoms with Crippen LogP contribution >= 0.6 is 11.3 Å². The molecule has 0 fully saturated rings. The van der Waals surface area contributed by atoms with Gasteiger partial charge in [-0.2, -0.15) is 5.10 Å². The maximum atomic E-state index is 4.57. The highest BCUT2D eigenvalue weighted by atomic mass is 32.1. The summed E-state index contributed by atoms with van der Waals surface area (Å²) in [6.07, 6.45) is 10.7. The predicted molar refractivity (Wildman–Crippen MR) is 126 cm³/mol. The molecule has 0 aliphatic carbocycles. The molecule has 0 saturated carbocycles. The number of thiophene rings is 1. The van der Waals surface area contributed by atoms with Crippen LogP contribution in [0.25, 0.3) is 39.3 Å². The van der Waals surface area contributed by atoms with E-state index in [1.54, 1.807) is 36.1 Å². The van der Waals surface area contributed by atoms with Gasteiger partial charge < -0.3 is 4.98 Å². The number of aryl methyl sites for hydroxylation is 2. The first-order valence-electron chi connectivity index (χ1n) is 9.84. The van der Waals surface area contributed by atoms with Gasteiger partial charge in [-0.1, -0.05) is 18.7 Å². The van der Waals surface area contributed by atoms with Crippen molar-refractivity contribution in [3.63, 3.8) is 0 Å². The van der Waals surface area contributed by atoms with Crippen molar-refractivity contribution in [2.45, 2.75) is 13.8 Å². The van der Waals surface area contributed by atoms with E-state index in [1.807, 2.05) is 12.1 Å². The molecule has 5 aromatic rings. The molecule has 31 heavy (non-hydrogen) atoms. The van der Waals surface area contributed by atoms with Crippen molar-refractivity contribution >= 4 is 27.8 Å². The smallest absolute Gasteiger partial charge is 0.116 e. The number of H-pyrrole nitrogens is 2. The van der Waals surface area contributed by atoms with Gasteiger partial charge in [0.1, 0.15) is 11.4 Å². The van der Waals surface area contributed by atoms with Gasteiger partial charge in [-0.05, 0) is 38.1 Å². The van der Waals surface area contributed by atoms with E-state index in [-0.39, 0.29) is 0 Å². The van der Waals surface area contributed by atoms with Gasteiger partial charge in [0.05, 0.1) is 29.3 Å². The molecule has 5 aromatic heterocycles. The Morgan fingerprint density at radius 1 is 1.06 bits per heavy atom. The molecular weight excluding hydrogens is 404 g/mol. The summed E-state index contributed by atoms with van der Waals surface area (Å²) < 4.78 is 0. The Kier molecular flexibility index (Phi) is 4.80. The van der Waals surface area contributed by atoms with E-state index in [2.05, 4.69) is 74.8 Å². The topological polar surface area (TPSA) is 83.1 Å². The normalized spacial score (nSPS) is 11.9. The summed E-state index contributed by atoms with van der Waals surface area (Å²) in [6.45, 7) is 8.11. The Balaban J connectivity index is 1.61. The second-order valence-electron chi connectivity index (χ2n) is 7.23. The molecule has 0 aliphatic heterocycles. The Morgan fingerprint density at radius 2 is 1.97 bits per heavy atom. The van der Waals surface area contributed by atoms with Gasteiger partial charge in [-0.15, -0.1) is 11.3 Å². The van der Waals surface area contributed by atoms with Gasteiger partial charge in [-0.3, -0.25) is 20.1 Å². The third kappa shape index (κ3) is 3.49. The first-order valence-corrected chi connectivity index (χ1v) is 10.7. The Labute approximate surface area is 183 Å². The van der Waals surface area contributed by atoms with Crippen LogP contribution in [0.2, 0.25) is 0 Å². The number of nitrogens with zero attached hydrogens (tertiary/aromatic N) is 4. The molecular formula is C24H20N6S. The molecule has 0 bridgehead atoms. The van der Waals surface area contributed by atoms with Crippen molar-refractivity contribution in [3.8, 4) is 22.8 Å². The minimum absolute atomic E-state index is 0.726. The lowest BCUT2D eigenvalue weighted by Crippen LogP contribution is -1.88. The van der Waals surface area contributed by atoms with Gasteiger partial charge in [0.25, 0.3) is 0 Å². The number of rotatable bonds is 5. The van der Waals surface area contributed by atoms with Crippen LogP contribution < -0.4 is 0 Å². The molecule has 7 heteroatoms. The van der Waals surface area contributed by atoms with E-state index in [4.69, 9.17) is 0 Å². The fourth-order valence-electron chi connectivity index (χ4n) is 3.66. The minimum atomic E-state index is 0.726. The van der Waals surface area contributed by atoms with Crippen LogP contribution in [-0.2, 0) is 0 Å². The number of hydrogen-bond acceptors (Lipinski definition) is 5. The van der Waals surface area contributed by atoms with E-state index in [0.29, 0.717) is 0 Å². The third-order valence-corrected chi connectivity index (χ3v) is 6.16. The summed E-state index contributed by atoms with van der Waals surface area (Å²) in [5.74, 6) is 0. The monoisotopic (exact) mass is 424 g/mol. The molecule has 0 spiro atoms. The van der Waals surface area contributed by atoms with E-state index in [0.717, 1.165) is 50.5 Å². The number of fused-ring (bicyclic) bond motifs is 1. The molecule has 5 rings (SSSR count). The van der Waals surface area contributed by atoms with Gasteiger partial charge in [0.2, 0.25) is 0 Å². The van der Waals surface area contributed by atoms with E-state index in [1.165, 1.54) is 9.75 Å². The minimum Gasteiger partial charge on any atom is -0.357 e. The second kappa shape index (κ2) is 7.77. The average molecular weight is 425 g/mol. The molecule has 0 amide bonds. The zero-order chi connectivity index (χ0) is 21.4. The van der Waals surface area contributed by atoms with Crippen LogP contribution in [0.5, 0.6) is 0 Å². The molecule has 0 atom stereocenters. The number of hydrogen-bond donors (Lipinski definition) is 2. The molecule has 0 saturated heterocycles. The van der Waals surface area contributed by atoms with Gasteiger partial charge in [0.15, 0.2) is 0 Å². The zero-order valence-electron chi connectivity index (χ0n) is 17.2. The van der Waals surface area contributed by atoms with Crippen LogP contribution in [0.4, 0.5) is 0 Å². The fraction of sp³-hybridized carbons (Fsp3) is 0.0833. The fourth-order valence-corrected chi connectivity index (χ4v) is 4.57. The average Bonchev–Trinajstić information content (AvgIpc) is 3.50. The standard InChI is InChI=1S/C24H20N6S/c1-4-5-16(23-7-6-14(2)31-23)17-10-20(28-15(17)3)24-18-11-19(22-12-25-8-9-26-22)27-13-21(18)29-30-24/h4-13,28H,1H2,2-3H3,(H,29,30)/b16-5+. The Bertz CT molecular complexity index is 1420. The van der Waals surface area contributed by atoms with Gasteiger partial charge in [0, 0.05) is 44.4 Å². The quantitative estimate of drug-likeness (QED) is 0.354. The van der Waals surface area contributed by atoms with Crippen LogP contribution in [0.15, 0.2) is 67.8 Å². The van der Waals surface area contributed by atoms with Crippen molar-refractivity contribution < 1.29 is 0 Å². The van der Waals surface area contributed by atoms with Crippen molar-refractivity contribution in [1.29, 1.82) is 0 Å². The van der Waals surface area contributed by atoms with Crippen LogP contribution in [0.3, 0.4) is 0 Å². The van der Waals surface area contributed by atoms with Crippen molar-refractivity contribution in [3.05, 3.63) is 88.8 Å². The molecule has 2 N–H and O–H groups in total. The Morgan fingerprint density at radius 3 is 2.71 bits per heavy atom. The second-order valence-corrected chi connectivity index (χ2v) is 8.51. The SMILES string of the molecule is C=C/C=C(/c1ccc(C)s1)c1cc(-c2n[nH]c3cnc(-c4cnccn4)cc23)[nH]c1C. The summed E-state index contributed by atoms with van der Waals surface area (Å²) >= 11 is 1.78. The summed E-state index contributed by atoms with van der Waals surface area (Å²) in [5, 5.41) is 8.63. The highest BCUT2D eigenvalue weighted by molar-refractivity contribution is 7.13. The highest BCUT2D eigenvalue weighted by Gasteiger charge is 2.17. The summed E-state index contributed by atoms with van der Waals surface area (Å²) in [7, 11) is 0. The lowest BCUT2D eigenvalue weighted by molar-refractivity contribution is 1.11. The zero-order valence-corrected chi connectivity index (χ0v) is 18.0. The molecule has 5 heterocycles. The summed E-state index contributed by atoms with van der Waals surface area (Å²) in [6, 6.07) is 8.45. The molecule has 6 nitrogen and oxygen atoms in total. The van der Waals surface area contributed by atoms with E-state index in [9.17, 15) is 0 Å². The maximum absolute atomic E-state index is 4.57. The maximum Gasteiger partial charge on any atom is 0.116 e. The summed E-state index contributed by atoms with van der Waals surface area (Å²) in [5.41, 5.74) is 7.50. The molecule has 152 valence electrons. The lowest BCUT2D eigenvalue weighted by atomic mass is 10.0. The molecule has 0 unspecified atom stereocenters. The van der Waals surface area contributed by atoms with Gasteiger partial charge >= 0.3 is 0 Å². The molecule has 0 aliphatic rings. The number of aromatic nitrogens is 6. The third-order valence-electron chi connectivity index (χ3n) is 5.12. The molecule has 0 radical (unpaired) electrons. The first kappa shape index (κ1) is 19.1. The number of nitrogens with one attached hydrogen (secondary N) is 2. The van der Waals surface area contributed by atoms with Crippen molar-refractivity contribution in [2.24, 2.45) is 0 Å². The van der Waals surface area contributed by atoms with Crippen LogP contribution in [0, 0.1) is 13.8 Å². The van der Waals surface area contributed by atoms with Gasteiger partial charge in [-0.25, -0.2) is 0 Å². The van der Waals surface area contributed by atoms with Crippen LogP contribution in [-0.4, -0.2) is 30.1 Å². The number of pyridine rings is 1. The largest absolute Gasteiger partial charge is 0.357 e. The molecule has 0 aromatic carbocycles. The van der Waals surface area contributed by atoms with Crippen molar-refractivity contribution in [2.75, 3.05) is 0 Å². The van der Waals surface area contributed by atoms with E-state index < -0.39 is 0 Å². The highest BCUT2D eigenvalue weighted by Crippen LogP contribution is 2.35. The lowest BCUT2D eigenvalue weighted by Gasteiger charge is -2.03. The Hall–Kier alpha value is -3.84. The summed E-state index contributed by atoms with van der Waals surface area (Å²) in [4.78, 5) is 19.0. The first-order chi connectivity index (χ1) is 15.1. The van der Waals surface area contributed by atoms with Crippen LogP contribution in [0.1, 0.15) is 21.0 Å². The van der Waals surface area contributed by atoms with E-state index >= 15 is 0 Å². The van der Waals surface area contributed by atoms with Crippen molar-refractivity contribution in [1.82, 2.24) is 30.1 Å². The number of allylic oxidation sites excluding steroid dienone is 2. The predicted octanol–water partition coefficient (Wildman–Crippen LogP) is 5.71. The number of aromatic amines is 2.